The van der Waals surface area contributed by atoms with E-state index in [1.54, 1.807) is 0 Å². The normalized spacial score (nSPS) is 23.8. The number of hydrogen-bond donors (Lipinski definition) is 1. The van der Waals surface area contributed by atoms with Gasteiger partial charge in [-0.3, -0.25) is 4.90 Å². The molecule has 168 valence electrons. The minimum absolute atomic E-state index is 0.214. The molecule has 1 aliphatic heterocycles. The van der Waals surface area contributed by atoms with Crippen molar-refractivity contribution in [2.24, 2.45) is 0 Å². The van der Waals surface area contributed by atoms with Crippen molar-refractivity contribution in [3.63, 3.8) is 0 Å². The third-order valence-electron chi connectivity index (χ3n) is 5.96. The summed E-state index contributed by atoms with van der Waals surface area (Å²) in [7, 11) is 0. The lowest BCUT2D eigenvalue weighted by Gasteiger charge is -2.46. The molecule has 0 aliphatic carbocycles. The summed E-state index contributed by atoms with van der Waals surface area (Å²) in [5.41, 5.74) is 3.34. The fourth-order valence-corrected chi connectivity index (χ4v) is 4.59. The highest BCUT2D eigenvalue weighted by molar-refractivity contribution is 6.18. The van der Waals surface area contributed by atoms with Crippen LogP contribution in [-0.4, -0.2) is 46.8 Å². The Morgan fingerprint density at radius 2 is 1.25 bits per heavy atom. The summed E-state index contributed by atoms with van der Waals surface area (Å²) >= 11 is 6.34. The molecule has 4 atom stereocenters. The number of piperidine rings is 1. The van der Waals surface area contributed by atoms with Gasteiger partial charge in [0.15, 0.2) is 0 Å². The van der Waals surface area contributed by atoms with Crippen molar-refractivity contribution >= 4 is 11.6 Å². The molecule has 0 bridgehead atoms. The first-order valence-electron chi connectivity index (χ1n) is 11.1. The molecule has 5 heteroatoms. The van der Waals surface area contributed by atoms with E-state index in [9.17, 15) is 5.11 Å². The SMILES string of the molecule is O[C@H]1[C@H](OCc2ccccc2)[C@@H](OCc2ccccc2)CN(Cc2ccccc2)[C@H]1CCl. The first-order chi connectivity index (χ1) is 15.7. The predicted octanol–water partition coefficient (Wildman–Crippen LogP) is 4.64. The number of halogens is 1. The molecule has 1 saturated heterocycles. The average molecular weight is 452 g/mol. The number of aliphatic hydroxyl groups excluding tert-OH is 1. The summed E-state index contributed by atoms with van der Waals surface area (Å²) < 4.78 is 12.6. The third kappa shape index (κ3) is 5.97. The van der Waals surface area contributed by atoms with Crippen LogP contribution in [0.2, 0.25) is 0 Å². The zero-order chi connectivity index (χ0) is 22.2. The van der Waals surface area contributed by atoms with Gasteiger partial charge in [-0.15, -0.1) is 11.6 Å². The molecule has 0 radical (unpaired) electrons. The number of rotatable bonds is 9. The van der Waals surface area contributed by atoms with E-state index >= 15 is 0 Å². The molecular formula is C27H30ClNO3. The monoisotopic (exact) mass is 451 g/mol. The van der Waals surface area contributed by atoms with Crippen molar-refractivity contribution in [3.05, 3.63) is 108 Å². The van der Waals surface area contributed by atoms with Crippen molar-refractivity contribution in [1.82, 2.24) is 4.90 Å². The fraction of sp³-hybridized carbons (Fsp3) is 0.333. The van der Waals surface area contributed by atoms with Crippen molar-refractivity contribution in [3.8, 4) is 0 Å². The van der Waals surface area contributed by atoms with E-state index < -0.39 is 12.2 Å². The van der Waals surface area contributed by atoms with Gasteiger partial charge in [-0.25, -0.2) is 0 Å². The van der Waals surface area contributed by atoms with Gasteiger partial charge in [-0.1, -0.05) is 91.0 Å². The van der Waals surface area contributed by atoms with Gasteiger partial charge in [-0.05, 0) is 16.7 Å². The van der Waals surface area contributed by atoms with E-state index in [0.29, 0.717) is 32.2 Å². The molecule has 0 unspecified atom stereocenters. The predicted molar refractivity (Wildman–Crippen MR) is 127 cm³/mol. The molecule has 3 aromatic carbocycles. The van der Waals surface area contributed by atoms with Crippen LogP contribution in [0.3, 0.4) is 0 Å². The lowest BCUT2D eigenvalue weighted by atomic mass is 9.93. The highest BCUT2D eigenvalue weighted by Crippen LogP contribution is 2.27. The van der Waals surface area contributed by atoms with E-state index in [-0.39, 0.29) is 12.1 Å². The number of nitrogens with zero attached hydrogens (tertiary/aromatic N) is 1. The van der Waals surface area contributed by atoms with Gasteiger partial charge >= 0.3 is 0 Å². The van der Waals surface area contributed by atoms with Gasteiger partial charge in [0, 0.05) is 19.0 Å². The Balaban J connectivity index is 1.51. The summed E-state index contributed by atoms with van der Waals surface area (Å²) in [5.74, 6) is 0.324. The third-order valence-corrected chi connectivity index (χ3v) is 6.28. The maximum atomic E-state index is 11.3. The van der Waals surface area contributed by atoms with Gasteiger partial charge in [0.05, 0.1) is 31.5 Å². The summed E-state index contributed by atoms with van der Waals surface area (Å²) in [6, 6.07) is 30.1. The summed E-state index contributed by atoms with van der Waals surface area (Å²) in [4.78, 5) is 2.21. The van der Waals surface area contributed by atoms with E-state index in [0.717, 1.165) is 11.1 Å². The molecule has 1 heterocycles. The highest BCUT2D eigenvalue weighted by atomic mass is 35.5. The number of benzene rings is 3. The van der Waals surface area contributed by atoms with E-state index in [1.165, 1.54) is 5.56 Å². The van der Waals surface area contributed by atoms with Crippen LogP contribution in [0, 0.1) is 0 Å². The molecule has 0 aromatic heterocycles. The van der Waals surface area contributed by atoms with Crippen LogP contribution < -0.4 is 0 Å². The summed E-state index contributed by atoms with van der Waals surface area (Å²) in [6.07, 6.45) is -1.50. The number of aliphatic hydroxyl groups is 1. The molecule has 4 rings (SSSR count). The Bertz CT molecular complexity index is 925. The number of likely N-dealkylation sites (tertiary alicyclic amines) is 1. The minimum Gasteiger partial charge on any atom is -0.389 e. The lowest BCUT2D eigenvalue weighted by Crippen LogP contribution is -2.62. The topological polar surface area (TPSA) is 41.9 Å². The minimum atomic E-state index is -0.755. The van der Waals surface area contributed by atoms with Crippen LogP contribution in [-0.2, 0) is 29.2 Å². The molecule has 1 fully saturated rings. The van der Waals surface area contributed by atoms with Gasteiger partial charge in [-0.2, -0.15) is 0 Å². The quantitative estimate of drug-likeness (QED) is 0.481. The van der Waals surface area contributed by atoms with Gasteiger partial charge in [0.1, 0.15) is 6.10 Å². The average Bonchev–Trinajstić information content (AvgIpc) is 2.84. The lowest BCUT2D eigenvalue weighted by molar-refractivity contribution is -0.183. The Kier molecular flexibility index (Phi) is 8.32. The van der Waals surface area contributed by atoms with E-state index in [4.69, 9.17) is 21.1 Å². The van der Waals surface area contributed by atoms with Crippen molar-refractivity contribution < 1.29 is 14.6 Å². The second kappa shape index (κ2) is 11.6. The molecule has 32 heavy (non-hydrogen) atoms. The van der Waals surface area contributed by atoms with Gasteiger partial charge < -0.3 is 14.6 Å². The van der Waals surface area contributed by atoms with Crippen molar-refractivity contribution in [2.45, 2.75) is 44.1 Å². The van der Waals surface area contributed by atoms with Crippen LogP contribution in [0.25, 0.3) is 0 Å². The summed E-state index contributed by atoms with van der Waals surface area (Å²) in [5, 5.41) is 11.3. The highest BCUT2D eigenvalue weighted by Gasteiger charge is 2.43. The van der Waals surface area contributed by atoms with Crippen LogP contribution in [0.5, 0.6) is 0 Å². The molecule has 0 spiro atoms. The second-order valence-electron chi connectivity index (χ2n) is 8.22. The fourth-order valence-electron chi connectivity index (χ4n) is 4.21. The zero-order valence-corrected chi connectivity index (χ0v) is 18.9. The molecular weight excluding hydrogens is 422 g/mol. The maximum Gasteiger partial charge on any atom is 0.113 e. The van der Waals surface area contributed by atoms with Gasteiger partial charge in [0.25, 0.3) is 0 Å². The Hall–Kier alpha value is -2.21. The van der Waals surface area contributed by atoms with Crippen molar-refractivity contribution in [1.29, 1.82) is 0 Å². The van der Waals surface area contributed by atoms with Crippen LogP contribution in [0.1, 0.15) is 16.7 Å². The molecule has 0 amide bonds. The maximum absolute atomic E-state index is 11.3. The van der Waals surface area contributed by atoms with Crippen molar-refractivity contribution in [2.75, 3.05) is 12.4 Å². The first kappa shape index (κ1) is 23.0. The number of ether oxygens (including phenoxy) is 2. The van der Waals surface area contributed by atoms with E-state index in [1.807, 2.05) is 78.9 Å². The Morgan fingerprint density at radius 3 is 1.78 bits per heavy atom. The molecule has 0 saturated carbocycles. The smallest absolute Gasteiger partial charge is 0.113 e. The number of hydrogen-bond acceptors (Lipinski definition) is 4. The summed E-state index contributed by atoms with van der Waals surface area (Å²) in [6.45, 7) is 2.22. The Labute approximate surface area is 195 Å². The van der Waals surface area contributed by atoms with Crippen LogP contribution in [0.15, 0.2) is 91.0 Å². The largest absolute Gasteiger partial charge is 0.389 e. The second-order valence-corrected chi connectivity index (χ2v) is 8.53. The molecule has 4 nitrogen and oxygen atoms in total. The Morgan fingerprint density at radius 1 is 0.750 bits per heavy atom. The molecule has 1 N–H and O–H groups in total. The van der Waals surface area contributed by atoms with Crippen LogP contribution in [0.4, 0.5) is 0 Å². The molecule has 1 aliphatic rings. The van der Waals surface area contributed by atoms with Crippen LogP contribution >= 0.6 is 11.6 Å². The van der Waals surface area contributed by atoms with E-state index in [2.05, 4.69) is 17.0 Å². The number of alkyl halides is 1. The van der Waals surface area contributed by atoms with Gasteiger partial charge in [0.2, 0.25) is 0 Å². The first-order valence-corrected chi connectivity index (χ1v) is 11.6. The standard InChI is InChI=1S/C27H30ClNO3/c28-16-24-26(30)27(32-20-23-14-8-3-9-15-23)25(31-19-22-12-6-2-7-13-22)18-29(24)17-21-10-4-1-5-11-21/h1-15,24-27,30H,16-20H2/t24-,25-,26+,27+/m0/s1. The molecule has 3 aromatic rings. The zero-order valence-electron chi connectivity index (χ0n) is 18.1.